The van der Waals surface area contributed by atoms with Crippen molar-refractivity contribution < 1.29 is 4.79 Å². The van der Waals surface area contributed by atoms with Gasteiger partial charge in [-0.25, -0.2) is 4.98 Å². The maximum absolute atomic E-state index is 12.3. The number of nitrogens with zero attached hydrogens (tertiary/aromatic N) is 2. The van der Waals surface area contributed by atoms with Crippen molar-refractivity contribution in [2.75, 3.05) is 12.8 Å². The molecular weight excluding hydrogens is 294 g/mol. The summed E-state index contributed by atoms with van der Waals surface area (Å²) in [5, 5.41) is 2.95. The number of benzene rings is 1. The second-order valence-electron chi connectivity index (χ2n) is 4.56. The Balaban J connectivity index is 2.08. The van der Waals surface area contributed by atoms with Gasteiger partial charge in [-0.1, -0.05) is 29.8 Å². The molecule has 1 aromatic carbocycles. The Bertz CT molecular complexity index is 614. The first-order valence-electron chi connectivity index (χ1n) is 6.19. The van der Waals surface area contributed by atoms with Crippen LogP contribution >= 0.6 is 22.9 Å². The zero-order valence-electron chi connectivity index (χ0n) is 11.3. The van der Waals surface area contributed by atoms with Crippen molar-refractivity contribution in [2.24, 2.45) is 0 Å². The fraction of sp³-hybridized carbons (Fsp3) is 0.286. The zero-order chi connectivity index (χ0) is 14.7. The normalized spacial score (nSPS) is 12.2. The van der Waals surface area contributed by atoms with Crippen LogP contribution in [-0.2, 0) is 11.2 Å². The van der Waals surface area contributed by atoms with E-state index in [1.54, 1.807) is 17.3 Å². The van der Waals surface area contributed by atoms with Crippen molar-refractivity contribution in [1.29, 1.82) is 0 Å². The lowest BCUT2D eigenvalue weighted by Gasteiger charge is -2.26. The van der Waals surface area contributed by atoms with E-state index in [4.69, 9.17) is 17.3 Å². The number of carbonyl (C=O) groups is 1. The van der Waals surface area contributed by atoms with Crippen LogP contribution in [0, 0.1) is 0 Å². The number of carbonyl (C=O) groups excluding carboxylic acids is 1. The SMILES string of the molecule is CC(c1ccccc1Cl)N(C)C(=O)Cc1csc(N)n1. The fourth-order valence-electron chi connectivity index (χ4n) is 1.92. The number of thiazole rings is 1. The largest absolute Gasteiger partial charge is 0.375 e. The highest BCUT2D eigenvalue weighted by molar-refractivity contribution is 7.13. The summed E-state index contributed by atoms with van der Waals surface area (Å²) in [6.07, 6.45) is 0.249. The predicted octanol–water partition coefficient (Wildman–Crippen LogP) is 3.14. The van der Waals surface area contributed by atoms with Crippen molar-refractivity contribution in [3.05, 3.63) is 45.9 Å². The average molecular weight is 310 g/mol. The molecule has 0 bridgehead atoms. The predicted molar refractivity (Wildman–Crippen MR) is 82.9 cm³/mol. The third-order valence-corrected chi connectivity index (χ3v) is 4.30. The summed E-state index contributed by atoms with van der Waals surface area (Å²) in [7, 11) is 1.77. The molecule has 2 N–H and O–H groups in total. The number of rotatable bonds is 4. The lowest BCUT2D eigenvalue weighted by Crippen LogP contribution is -2.31. The van der Waals surface area contributed by atoms with Gasteiger partial charge in [-0.3, -0.25) is 4.79 Å². The number of nitrogens with two attached hydrogens (primary N) is 1. The molecule has 0 saturated heterocycles. The third-order valence-electron chi connectivity index (χ3n) is 3.23. The van der Waals surface area contributed by atoms with Gasteiger partial charge in [-0.2, -0.15) is 0 Å². The zero-order valence-corrected chi connectivity index (χ0v) is 12.9. The molecule has 0 fully saturated rings. The van der Waals surface area contributed by atoms with Crippen LogP contribution in [0.3, 0.4) is 0 Å². The Morgan fingerprint density at radius 1 is 1.50 bits per heavy atom. The number of anilines is 1. The number of amides is 1. The quantitative estimate of drug-likeness (QED) is 0.944. The molecule has 1 atom stereocenters. The highest BCUT2D eigenvalue weighted by atomic mass is 35.5. The Hall–Kier alpha value is -1.59. The van der Waals surface area contributed by atoms with Crippen LogP contribution in [-0.4, -0.2) is 22.8 Å². The monoisotopic (exact) mass is 309 g/mol. The van der Waals surface area contributed by atoms with E-state index in [0.29, 0.717) is 15.8 Å². The smallest absolute Gasteiger partial charge is 0.228 e. The Kier molecular flexibility index (Phi) is 4.62. The summed E-state index contributed by atoms with van der Waals surface area (Å²) in [5.74, 6) is -0.0114. The molecule has 1 heterocycles. The van der Waals surface area contributed by atoms with Crippen molar-refractivity contribution in [1.82, 2.24) is 9.88 Å². The first-order valence-corrected chi connectivity index (χ1v) is 7.44. The molecule has 1 amide bonds. The van der Waals surface area contributed by atoms with Crippen LogP contribution in [0.15, 0.2) is 29.6 Å². The second kappa shape index (κ2) is 6.24. The maximum Gasteiger partial charge on any atom is 0.228 e. The molecule has 1 aromatic heterocycles. The van der Waals surface area contributed by atoms with Crippen LogP contribution < -0.4 is 5.73 Å². The van der Waals surface area contributed by atoms with E-state index in [-0.39, 0.29) is 18.4 Å². The van der Waals surface area contributed by atoms with E-state index < -0.39 is 0 Å². The number of nitrogen functional groups attached to an aromatic ring is 1. The van der Waals surface area contributed by atoms with Gasteiger partial charge in [0, 0.05) is 17.5 Å². The first kappa shape index (κ1) is 14.8. The molecule has 0 radical (unpaired) electrons. The van der Waals surface area contributed by atoms with E-state index >= 15 is 0 Å². The van der Waals surface area contributed by atoms with Gasteiger partial charge in [0.1, 0.15) is 0 Å². The van der Waals surface area contributed by atoms with E-state index in [1.807, 2.05) is 31.2 Å². The molecule has 106 valence electrons. The molecule has 6 heteroatoms. The average Bonchev–Trinajstić information content (AvgIpc) is 2.83. The molecule has 2 rings (SSSR count). The number of likely N-dealkylation sites (N-methyl/N-ethyl adjacent to an activating group) is 1. The standard InChI is InChI=1S/C14H16ClN3OS/c1-9(11-5-3-4-6-12(11)15)18(2)13(19)7-10-8-20-14(16)17-10/h3-6,8-9H,7H2,1-2H3,(H2,16,17). The maximum atomic E-state index is 12.3. The number of halogens is 1. The molecule has 0 spiro atoms. The molecule has 0 aliphatic rings. The molecule has 4 nitrogen and oxygen atoms in total. The van der Waals surface area contributed by atoms with Crippen molar-refractivity contribution in [3.63, 3.8) is 0 Å². The number of aromatic nitrogens is 1. The fourth-order valence-corrected chi connectivity index (χ4v) is 2.78. The first-order chi connectivity index (χ1) is 9.49. The van der Waals surface area contributed by atoms with Gasteiger partial charge in [0.15, 0.2) is 5.13 Å². The second-order valence-corrected chi connectivity index (χ2v) is 5.85. The molecule has 2 aromatic rings. The van der Waals surface area contributed by atoms with Gasteiger partial charge in [0.2, 0.25) is 5.91 Å². The van der Waals surface area contributed by atoms with Crippen LogP contribution in [0.25, 0.3) is 0 Å². The van der Waals surface area contributed by atoms with Gasteiger partial charge < -0.3 is 10.6 Å². The Morgan fingerprint density at radius 2 is 2.20 bits per heavy atom. The summed E-state index contributed by atoms with van der Waals surface area (Å²) in [6, 6.07) is 7.45. The van der Waals surface area contributed by atoms with Gasteiger partial charge in [-0.05, 0) is 18.6 Å². The minimum atomic E-state index is -0.0906. The van der Waals surface area contributed by atoms with Crippen molar-refractivity contribution >= 4 is 34.0 Å². The van der Waals surface area contributed by atoms with E-state index in [1.165, 1.54) is 11.3 Å². The van der Waals surface area contributed by atoms with E-state index in [2.05, 4.69) is 4.98 Å². The number of hydrogen-bond donors (Lipinski definition) is 1. The molecular formula is C14H16ClN3OS. The number of hydrogen-bond acceptors (Lipinski definition) is 4. The highest BCUT2D eigenvalue weighted by Crippen LogP contribution is 2.26. The summed E-state index contributed by atoms with van der Waals surface area (Å²) < 4.78 is 0. The molecule has 0 aliphatic heterocycles. The summed E-state index contributed by atoms with van der Waals surface area (Å²) in [5.41, 5.74) is 7.20. The topological polar surface area (TPSA) is 59.2 Å². The van der Waals surface area contributed by atoms with Gasteiger partial charge in [-0.15, -0.1) is 11.3 Å². The minimum Gasteiger partial charge on any atom is -0.375 e. The lowest BCUT2D eigenvalue weighted by molar-refractivity contribution is -0.131. The van der Waals surface area contributed by atoms with Crippen LogP contribution in [0.4, 0.5) is 5.13 Å². The minimum absolute atomic E-state index is 0.0114. The van der Waals surface area contributed by atoms with Gasteiger partial charge in [0.25, 0.3) is 0 Å². The summed E-state index contributed by atoms with van der Waals surface area (Å²) >= 11 is 7.51. The third kappa shape index (κ3) is 3.29. The van der Waals surface area contributed by atoms with Crippen LogP contribution in [0.1, 0.15) is 24.2 Å². The van der Waals surface area contributed by atoms with Crippen molar-refractivity contribution in [3.8, 4) is 0 Å². The van der Waals surface area contributed by atoms with Crippen LogP contribution in [0.5, 0.6) is 0 Å². The molecule has 20 heavy (non-hydrogen) atoms. The highest BCUT2D eigenvalue weighted by Gasteiger charge is 2.20. The molecule has 0 saturated carbocycles. The van der Waals surface area contributed by atoms with Crippen LogP contribution in [0.2, 0.25) is 5.02 Å². The summed E-state index contributed by atoms with van der Waals surface area (Å²) in [6.45, 7) is 1.95. The van der Waals surface area contributed by atoms with Gasteiger partial charge >= 0.3 is 0 Å². The lowest BCUT2D eigenvalue weighted by atomic mass is 10.1. The van der Waals surface area contributed by atoms with E-state index in [0.717, 1.165) is 5.56 Å². The summed E-state index contributed by atoms with van der Waals surface area (Å²) in [4.78, 5) is 18.0. The Morgan fingerprint density at radius 3 is 2.80 bits per heavy atom. The Labute approximate surface area is 127 Å². The molecule has 0 aliphatic carbocycles. The van der Waals surface area contributed by atoms with E-state index in [9.17, 15) is 4.79 Å². The molecule has 1 unspecified atom stereocenters. The van der Waals surface area contributed by atoms with Gasteiger partial charge in [0.05, 0.1) is 18.2 Å². The van der Waals surface area contributed by atoms with Crippen molar-refractivity contribution in [2.45, 2.75) is 19.4 Å².